The maximum atomic E-state index is 9.35. The van der Waals surface area contributed by atoms with E-state index in [9.17, 15) is 5.26 Å². The standard InChI is InChI=1S/C18H17N5S2/c1-9-21-17(15-11-3-2-4-13(11)25-18(15)22-9)23-6-5-10-12(7-19)16(20)24-14(10)8-23/h2-6,8,20H2,1H3. The zero-order chi connectivity index (χ0) is 17.1. The number of fused-ring (bicyclic) bond motifs is 4. The van der Waals surface area contributed by atoms with Gasteiger partial charge in [0.15, 0.2) is 0 Å². The molecule has 5 nitrogen and oxygen atoms in total. The number of hydrogen-bond acceptors (Lipinski definition) is 7. The first-order valence-electron chi connectivity index (χ1n) is 8.49. The number of nitrogens with two attached hydrogens (primary N) is 1. The maximum absolute atomic E-state index is 9.35. The highest BCUT2D eigenvalue weighted by molar-refractivity contribution is 7.19. The Balaban J connectivity index is 1.63. The van der Waals surface area contributed by atoms with E-state index in [1.165, 1.54) is 33.5 Å². The number of nitrogens with zero attached hydrogens (tertiary/aromatic N) is 4. The number of thiophene rings is 2. The van der Waals surface area contributed by atoms with E-state index in [2.05, 4.69) is 11.0 Å². The van der Waals surface area contributed by atoms with Gasteiger partial charge in [0.1, 0.15) is 27.5 Å². The Labute approximate surface area is 153 Å². The predicted octanol–water partition coefficient (Wildman–Crippen LogP) is 3.57. The van der Waals surface area contributed by atoms with E-state index in [-0.39, 0.29) is 0 Å². The summed E-state index contributed by atoms with van der Waals surface area (Å²) in [6, 6.07) is 2.27. The first-order valence-corrected chi connectivity index (χ1v) is 10.1. The summed E-state index contributed by atoms with van der Waals surface area (Å²) in [4.78, 5) is 15.7. The molecule has 0 aromatic carbocycles. The van der Waals surface area contributed by atoms with Crippen molar-refractivity contribution in [1.82, 2.24) is 9.97 Å². The van der Waals surface area contributed by atoms with Crippen molar-refractivity contribution in [3.05, 3.63) is 32.3 Å². The largest absolute Gasteiger partial charge is 0.389 e. The van der Waals surface area contributed by atoms with E-state index >= 15 is 0 Å². The van der Waals surface area contributed by atoms with Crippen LogP contribution in [0.4, 0.5) is 10.8 Å². The highest BCUT2D eigenvalue weighted by Gasteiger charge is 2.28. The van der Waals surface area contributed by atoms with Crippen LogP contribution in [-0.2, 0) is 25.8 Å². The second-order valence-electron chi connectivity index (χ2n) is 6.66. The van der Waals surface area contributed by atoms with Gasteiger partial charge in [0, 0.05) is 16.3 Å². The molecule has 0 saturated carbocycles. The van der Waals surface area contributed by atoms with Gasteiger partial charge in [-0.2, -0.15) is 5.26 Å². The third-order valence-electron chi connectivity index (χ3n) is 5.15. The highest BCUT2D eigenvalue weighted by atomic mass is 32.1. The summed E-state index contributed by atoms with van der Waals surface area (Å²) in [5.41, 5.74) is 9.32. The Hall–Kier alpha value is -2.17. The lowest BCUT2D eigenvalue weighted by Gasteiger charge is -2.29. The molecule has 3 aromatic heterocycles. The summed E-state index contributed by atoms with van der Waals surface area (Å²) in [5, 5.41) is 11.3. The van der Waals surface area contributed by atoms with E-state index in [0.29, 0.717) is 10.6 Å². The van der Waals surface area contributed by atoms with Crippen molar-refractivity contribution in [1.29, 1.82) is 5.26 Å². The topological polar surface area (TPSA) is 78.8 Å². The Morgan fingerprint density at radius 2 is 2.00 bits per heavy atom. The molecular weight excluding hydrogens is 350 g/mol. The van der Waals surface area contributed by atoms with Crippen LogP contribution in [-0.4, -0.2) is 16.5 Å². The van der Waals surface area contributed by atoms with Crippen molar-refractivity contribution >= 4 is 43.7 Å². The summed E-state index contributed by atoms with van der Waals surface area (Å²) in [6.45, 7) is 3.62. The van der Waals surface area contributed by atoms with E-state index in [1.54, 1.807) is 11.3 Å². The van der Waals surface area contributed by atoms with Crippen LogP contribution in [0, 0.1) is 18.3 Å². The van der Waals surface area contributed by atoms with Gasteiger partial charge in [-0.3, -0.25) is 0 Å². The Morgan fingerprint density at radius 1 is 1.12 bits per heavy atom. The van der Waals surface area contributed by atoms with Crippen molar-refractivity contribution in [3.63, 3.8) is 0 Å². The van der Waals surface area contributed by atoms with Crippen LogP contribution in [0.2, 0.25) is 0 Å². The van der Waals surface area contributed by atoms with Gasteiger partial charge in [-0.1, -0.05) is 0 Å². The summed E-state index contributed by atoms with van der Waals surface area (Å²) in [7, 11) is 0. The van der Waals surface area contributed by atoms with E-state index in [1.807, 2.05) is 18.3 Å². The van der Waals surface area contributed by atoms with Gasteiger partial charge in [0.25, 0.3) is 0 Å². The lowest BCUT2D eigenvalue weighted by Crippen LogP contribution is -2.30. The van der Waals surface area contributed by atoms with E-state index < -0.39 is 0 Å². The van der Waals surface area contributed by atoms with Gasteiger partial charge in [0.2, 0.25) is 0 Å². The van der Waals surface area contributed by atoms with Crippen molar-refractivity contribution in [3.8, 4) is 6.07 Å². The van der Waals surface area contributed by atoms with E-state index in [4.69, 9.17) is 15.7 Å². The van der Waals surface area contributed by atoms with Gasteiger partial charge in [-0.15, -0.1) is 22.7 Å². The predicted molar refractivity (Wildman–Crippen MR) is 102 cm³/mol. The average Bonchev–Trinajstić information content (AvgIpc) is 3.24. The van der Waals surface area contributed by atoms with Gasteiger partial charge in [0.05, 0.1) is 17.5 Å². The van der Waals surface area contributed by atoms with Crippen LogP contribution in [0.3, 0.4) is 0 Å². The Bertz CT molecular complexity index is 1060. The smallest absolute Gasteiger partial charge is 0.141 e. The van der Waals surface area contributed by atoms with Crippen molar-refractivity contribution < 1.29 is 0 Å². The summed E-state index contributed by atoms with van der Waals surface area (Å²) in [6.07, 6.45) is 4.40. The molecule has 7 heteroatoms. The number of nitriles is 1. The fourth-order valence-corrected chi connectivity index (χ4v) is 6.42. The first kappa shape index (κ1) is 15.1. The van der Waals surface area contributed by atoms with Gasteiger partial charge >= 0.3 is 0 Å². The SMILES string of the molecule is Cc1nc(N2CCc3c(sc(N)c3C#N)C2)c2c3c(sc2n1)CCC3. The minimum atomic E-state index is 0.648. The minimum Gasteiger partial charge on any atom is -0.389 e. The number of aryl methyl sites for hydroxylation is 3. The molecule has 25 heavy (non-hydrogen) atoms. The molecule has 0 amide bonds. The third-order valence-corrected chi connectivity index (χ3v) is 7.38. The molecule has 3 aromatic rings. The number of rotatable bonds is 1. The molecule has 126 valence electrons. The molecule has 1 aliphatic heterocycles. The number of aromatic nitrogens is 2. The second-order valence-corrected chi connectivity index (χ2v) is 8.88. The highest BCUT2D eigenvalue weighted by Crippen LogP contribution is 2.42. The number of anilines is 2. The second kappa shape index (κ2) is 5.41. The van der Waals surface area contributed by atoms with Crippen LogP contribution in [0.5, 0.6) is 0 Å². The molecule has 0 fully saturated rings. The Morgan fingerprint density at radius 3 is 2.84 bits per heavy atom. The lowest BCUT2D eigenvalue weighted by molar-refractivity contribution is 0.732. The quantitative estimate of drug-likeness (QED) is 0.711. The molecule has 0 bridgehead atoms. The molecule has 0 unspecified atom stereocenters. The van der Waals surface area contributed by atoms with Crippen LogP contribution >= 0.6 is 22.7 Å². The molecular formula is C18H17N5S2. The fraction of sp³-hybridized carbons (Fsp3) is 0.389. The Kier molecular flexibility index (Phi) is 3.27. The van der Waals surface area contributed by atoms with E-state index in [0.717, 1.165) is 48.0 Å². The molecule has 0 atom stereocenters. The van der Waals surface area contributed by atoms with Gasteiger partial charge in [-0.05, 0) is 43.7 Å². The molecule has 2 aliphatic rings. The first-order chi connectivity index (χ1) is 12.2. The van der Waals surface area contributed by atoms with Crippen LogP contribution in [0.15, 0.2) is 0 Å². The molecule has 2 N–H and O–H groups in total. The maximum Gasteiger partial charge on any atom is 0.141 e. The monoisotopic (exact) mass is 367 g/mol. The molecule has 5 rings (SSSR count). The van der Waals surface area contributed by atoms with Crippen molar-refractivity contribution in [2.75, 3.05) is 17.2 Å². The van der Waals surface area contributed by atoms with Crippen LogP contribution in [0.25, 0.3) is 10.2 Å². The lowest BCUT2D eigenvalue weighted by atomic mass is 10.0. The third kappa shape index (κ3) is 2.17. The summed E-state index contributed by atoms with van der Waals surface area (Å²) in [5.74, 6) is 1.90. The number of nitrogen functional groups attached to an aromatic ring is 1. The van der Waals surface area contributed by atoms with Crippen LogP contribution in [0.1, 0.15) is 38.7 Å². The normalized spacial score (nSPS) is 16.1. The van der Waals surface area contributed by atoms with Gasteiger partial charge in [-0.25, -0.2) is 9.97 Å². The zero-order valence-corrected chi connectivity index (χ0v) is 15.6. The van der Waals surface area contributed by atoms with Gasteiger partial charge < -0.3 is 10.6 Å². The average molecular weight is 368 g/mol. The van der Waals surface area contributed by atoms with Crippen molar-refractivity contribution in [2.45, 2.75) is 39.2 Å². The number of hydrogen-bond donors (Lipinski definition) is 1. The summed E-state index contributed by atoms with van der Waals surface area (Å²) < 4.78 is 0. The zero-order valence-electron chi connectivity index (χ0n) is 13.9. The molecule has 1 aliphatic carbocycles. The molecule has 0 spiro atoms. The molecule has 4 heterocycles. The minimum absolute atomic E-state index is 0.648. The fourth-order valence-electron chi connectivity index (χ4n) is 4.04. The summed E-state index contributed by atoms with van der Waals surface area (Å²) >= 11 is 3.39. The van der Waals surface area contributed by atoms with Crippen molar-refractivity contribution in [2.24, 2.45) is 0 Å². The molecule has 0 saturated heterocycles. The molecule has 0 radical (unpaired) electrons. The van der Waals surface area contributed by atoms with Crippen LogP contribution < -0.4 is 10.6 Å².